The van der Waals surface area contributed by atoms with Crippen LogP contribution in [-0.4, -0.2) is 0 Å². The molecule has 1 aromatic heterocycles. The Balaban J connectivity index is 2.43. The molecule has 1 heteroatoms. The molecule has 2 aromatic rings. The fourth-order valence-corrected chi connectivity index (χ4v) is 1.79. The SMILES string of the molecule is Cc1cc(C(C)(C)c2ccccc2)co1. The molecule has 0 aliphatic carbocycles. The highest BCUT2D eigenvalue weighted by Gasteiger charge is 2.24. The Bertz CT molecular complexity index is 437. The van der Waals surface area contributed by atoms with E-state index in [9.17, 15) is 0 Å². The molecular weight excluding hydrogens is 184 g/mol. The molecule has 1 heterocycles. The molecule has 0 atom stereocenters. The van der Waals surface area contributed by atoms with Gasteiger partial charge in [0.15, 0.2) is 0 Å². The Morgan fingerprint density at radius 2 is 1.67 bits per heavy atom. The van der Waals surface area contributed by atoms with Gasteiger partial charge in [0, 0.05) is 11.0 Å². The van der Waals surface area contributed by atoms with Gasteiger partial charge in [-0.3, -0.25) is 0 Å². The molecule has 0 spiro atoms. The maximum absolute atomic E-state index is 5.37. The lowest BCUT2D eigenvalue weighted by atomic mass is 9.79. The summed E-state index contributed by atoms with van der Waals surface area (Å²) in [5.74, 6) is 0.967. The fourth-order valence-electron chi connectivity index (χ4n) is 1.79. The standard InChI is InChI=1S/C14H16O/c1-11-9-13(10-15-11)14(2,3)12-7-5-4-6-8-12/h4-10H,1-3H3. The van der Waals surface area contributed by atoms with Gasteiger partial charge in [0.2, 0.25) is 0 Å². The van der Waals surface area contributed by atoms with E-state index in [-0.39, 0.29) is 5.41 Å². The van der Waals surface area contributed by atoms with Crippen LogP contribution in [0.25, 0.3) is 0 Å². The molecule has 0 N–H and O–H groups in total. The fraction of sp³-hybridized carbons (Fsp3) is 0.286. The molecule has 0 fully saturated rings. The van der Waals surface area contributed by atoms with Crippen LogP contribution in [0.3, 0.4) is 0 Å². The van der Waals surface area contributed by atoms with Gasteiger partial charge >= 0.3 is 0 Å². The maximum atomic E-state index is 5.37. The maximum Gasteiger partial charge on any atom is 0.100 e. The molecule has 15 heavy (non-hydrogen) atoms. The summed E-state index contributed by atoms with van der Waals surface area (Å²) in [6.07, 6.45) is 1.85. The first-order valence-corrected chi connectivity index (χ1v) is 5.22. The lowest BCUT2D eigenvalue weighted by Crippen LogP contribution is -2.17. The first-order chi connectivity index (χ1) is 7.10. The van der Waals surface area contributed by atoms with Gasteiger partial charge in [0.1, 0.15) is 5.76 Å². The van der Waals surface area contributed by atoms with Crippen LogP contribution in [0.2, 0.25) is 0 Å². The van der Waals surface area contributed by atoms with E-state index in [2.05, 4.69) is 44.2 Å². The molecule has 0 unspecified atom stereocenters. The predicted molar refractivity (Wildman–Crippen MR) is 62.0 cm³/mol. The highest BCUT2D eigenvalue weighted by atomic mass is 16.3. The zero-order valence-electron chi connectivity index (χ0n) is 9.45. The quantitative estimate of drug-likeness (QED) is 0.716. The number of benzene rings is 1. The second-order valence-electron chi connectivity index (χ2n) is 4.44. The molecule has 0 aliphatic rings. The minimum Gasteiger partial charge on any atom is -0.469 e. The Morgan fingerprint density at radius 3 is 2.20 bits per heavy atom. The Labute approximate surface area is 90.7 Å². The number of furan rings is 1. The molecule has 0 radical (unpaired) electrons. The van der Waals surface area contributed by atoms with Gasteiger partial charge in [-0.25, -0.2) is 0 Å². The molecule has 2 rings (SSSR count). The zero-order valence-corrected chi connectivity index (χ0v) is 9.45. The smallest absolute Gasteiger partial charge is 0.100 e. The van der Waals surface area contributed by atoms with Crippen molar-refractivity contribution < 1.29 is 4.42 Å². The van der Waals surface area contributed by atoms with E-state index in [1.165, 1.54) is 11.1 Å². The zero-order chi connectivity index (χ0) is 10.9. The molecule has 78 valence electrons. The van der Waals surface area contributed by atoms with Gasteiger partial charge < -0.3 is 4.42 Å². The van der Waals surface area contributed by atoms with Crippen LogP contribution >= 0.6 is 0 Å². The van der Waals surface area contributed by atoms with Gasteiger partial charge in [0.05, 0.1) is 6.26 Å². The Kier molecular flexibility index (Phi) is 2.39. The van der Waals surface area contributed by atoms with Crippen molar-refractivity contribution in [1.29, 1.82) is 0 Å². The summed E-state index contributed by atoms with van der Waals surface area (Å²) in [4.78, 5) is 0. The van der Waals surface area contributed by atoms with Crippen LogP contribution in [0, 0.1) is 6.92 Å². The second-order valence-corrected chi connectivity index (χ2v) is 4.44. The largest absolute Gasteiger partial charge is 0.469 e. The summed E-state index contributed by atoms with van der Waals surface area (Å²) in [6, 6.07) is 12.6. The van der Waals surface area contributed by atoms with Crippen molar-refractivity contribution in [3.05, 3.63) is 59.5 Å². The van der Waals surface area contributed by atoms with Gasteiger partial charge in [0.25, 0.3) is 0 Å². The normalized spacial score (nSPS) is 11.7. The van der Waals surface area contributed by atoms with E-state index in [4.69, 9.17) is 4.42 Å². The Hall–Kier alpha value is -1.50. The van der Waals surface area contributed by atoms with Gasteiger partial charge in [-0.05, 0) is 18.6 Å². The van der Waals surface area contributed by atoms with Crippen molar-refractivity contribution in [3.8, 4) is 0 Å². The molecule has 0 aliphatic heterocycles. The van der Waals surface area contributed by atoms with Crippen LogP contribution < -0.4 is 0 Å². The minimum absolute atomic E-state index is 0.0129. The molecule has 1 nitrogen and oxygen atoms in total. The van der Waals surface area contributed by atoms with Crippen LogP contribution in [0.15, 0.2) is 47.1 Å². The van der Waals surface area contributed by atoms with Crippen LogP contribution in [-0.2, 0) is 5.41 Å². The van der Waals surface area contributed by atoms with E-state index < -0.39 is 0 Å². The molecular formula is C14H16O. The number of hydrogen-bond donors (Lipinski definition) is 0. The summed E-state index contributed by atoms with van der Waals surface area (Å²) < 4.78 is 5.37. The van der Waals surface area contributed by atoms with E-state index in [0.29, 0.717) is 0 Å². The highest BCUT2D eigenvalue weighted by Crippen LogP contribution is 2.32. The summed E-state index contributed by atoms with van der Waals surface area (Å²) in [5.41, 5.74) is 2.55. The number of aryl methyl sites for hydroxylation is 1. The van der Waals surface area contributed by atoms with Crippen molar-refractivity contribution in [3.63, 3.8) is 0 Å². The molecule has 0 bridgehead atoms. The third-order valence-corrected chi connectivity index (χ3v) is 2.95. The summed E-state index contributed by atoms with van der Waals surface area (Å²) in [5, 5.41) is 0. The summed E-state index contributed by atoms with van der Waals surface area (Å²) in [6.45, 7) is 6.41. The second kappa shape index (κ2) is 3.58. The van der Waals surface area contributed by atoms with E-state index in [1.807, 2.05) is 19.3 Å². The lowest BCUT2D eigenvalue weighted by Gasteiger charge is -2.23. The number of rotatable bonds is 2. The lowest BCUT2D eigenvalue weighted by molar-refractivity contribution is 0.523. The highest BCUT2D eigenvalue weighted by molar-refractivity contribution is 5.36. The first kappa shape index (κ1) is 10.0. The molecule has 1 aromatic carbocycles. The van der Waals surface area contributed by atoms with Gasteiger partial charge in [-0.2, -0.15) is 0 Å². The number of hydrogen-bond acceptors (Lipinski definition) is 1. The van der Waals surface area contributed by atoms with Crippen LogP contribution in [0.5, 0.6) is 0 Å². The van der Waals surface area contributed by atoms with E-state index >= 15 is 0 Å². The van der Waals surface area contributed by atoms with Crippen molar-refractivity contribution in [1.82, 2.24) is 0 Å². The summed E-state index contributed by atoms with van der Waals surface area (Å²) >= 11 is 0. The molecule has 0 saturated heterocycles. The average Bonchev–Trinajstić information content (AvgIpc) is 2.67. The van der Waals surface area contributed by atoms with Crippen LogP contribution in [0.1, 0.15) is 30.7 Å². The monoisotopic (exact) mass is 200 g/mol. The van der Waals surface area contributed by atoms with Gasteiger partial charge in [-0.1, -0.05) is 44.2 Å². The van der Waals surface area contributed by atoms with E-state index in [0.717, 1.165) is 5.76 Å². The molecule has 0 saturated carbocycles. The van der Waals surface area contributed by atoms with Crippen LogP contribution in [0.4, 0.5) is 0 Å². The third kappa shape index (κ3) is 1.82. The van der Waals surface area contributed by atoms with Gasteiger partial charge in [-0.15, -0.1) is 0 Å². The van der Waals surface area contributed by atoms with Crippen molar-refractivity contribution in [2.24, 2.45) is 0 Å². The predicted octanol–water partition coefficient (Wildman–Crippen LogP) is 3.91. The van der Waals surface area contributed by atoms with Crippen molar-refractivity contribution >= 4 is 0 Å². The average molecular weight is 200 g/mol. The van der Waals surface area contributed by atoms with Crippen molar-refractivity contribution in [2.75, 3.05) is 0 Å². The topological polar surface area (TPSA) is 13.1 Å². The van der Waals surface area contributed by atoms with E-state index in [1.54, 1.807) is 0 Å². The van der Waals surface area contributed by atoms with Crippen molar-refractivity contribution in [2.45, 2.75) is 26.2 Å². The molecule has 0 amide bonds. The third-order valence-electron chi connectivity index (χ3n) is 2.95. The Morgan fingerprint density at radius 1 is 1.00 bits per heavy atom. The first-order valence-electron chi connectivity index (χ1n) is 5.22. The summed E-state index contributed by atoms with van der Waals surface area (Å²) in [7, 11) is 0. The minimum atomic E-state index is 0.0129.